The minimum absolute atomic E-state index is 0.0210. The third-order valence-electron chi connectivity index (χ3n) is 2.93. The number of rotatable bonds is 8. The molecule has 0 radical (unpaired) electrons. The number of ether oxygens (including phenoxy) is 1. The fraction of sp³-hybridized carbons (Fsp3) is 0.611. The Hall–Kier alpha value is -1.55. The summed E-state index contributed by atoms with van der Waals surface area (Å²) in [4.78, 5) is 4.57. The molecule has 0 aliphatic rings. The van der Waals surface area contributed by atoms with Crippen LogP contribution in [0.1, 0.15) is 39.7 Å². The van der Waals surface area contributed by atoms with Crippen molar-refractivity contribution in [2.45, 2.75) is 46.1 Å². The van der Waals surface area contributed by atoms with Gasteiger partial charge in [-0.25, -0.2) is 0 Å². The number of aliphatic imine (C=N–C) groups is 1. The summed E-state index contributed by atoms with van der Waals surface area (Å²) in [5.41, 5.74) is 1.34. The van der Waals surface area contributed by atoms with Crippen molar-refractivity contribution in [3.8, 4) is 0 Å². The van der Waals surface area contributed by atoms with E-state index >= 15 is 0 Å². The molecular weight excluding hydrogens is 274 g/mol. The van der Waals surface area contributed by atoms with Crippen LogP contribution in [0, 0.1) is 0 Å². The number of nitrogens with zero attached hydrogens (tertiary/aromatic N) is 1. The maximum absolute atomic E-state index is 5.67. The van der Waals surface area contributed by atoms with Gasteiger partial charge in [0.15, 0.2) is 5.96 Å². The highest BCUT2D eigenvalue weighted by molar-refractivity contribution is 5.80. The van der Waals surface area contributed by atoms with Crippen LogP contribution in [0.15, 0.2) is 35.3 Å². The Labute approximate surface area is 135 Å². The van der Waals surface area contributed by atoms with Gasteiger partial charge in [0.1, 0.15) is 0 Å². The summed E-state index contributed by atoms with van der Waals surface area (Å²) in [5, 5.41) is 6.64. The first-order chi connectivity index (χ1) is 10.5. The highest BCUT2D eigenvalue weighted by Gasteiger charge is 2.11. The molecule has 0 saturated heterocycles. The smallest absolute Gasteiger partial charge is 0.191 e. The quantitative estimate of drug-likeness (QED) is 0.441. The lowest BCUT2D eigenvalue weighted by Gasteiger charge is -2.23. The lowest BCUT2D eigenvalue weighted by atomic mass is 10.1. The minimum Gasteiger partial charge on any atom is -0.381 e. The molecule has 0 bridgehead atoms. The van der Waals surface area contributed by atoms with Gasteiger partial charge in [-0.1, -0.05) is 30.3 Å². The summed E-state index contributed by atoms with van der Waals surface area (Å²) in [7, 11) is 0. The molecule has 0 amide bonds. The van der Waals surface area contributed by atoms with E-state index in [1.807, 2.05) is 6.07 Å². The van der Waals surface area contributed by atoms with Gasteiger partial charge >= 0.3 is 0 Å². The average Bonchev–Trinajstić information content (AvgIpc) is 2.46. The fourth-order valence-electron chi connectivity index (χ4n) is 1.96. The molecule has 1 aromatic rings. The van der Waals surface area contributed by atoms with E-state index in [0.29, 0.717) is 0 Å². The molecule has 0 aliphatic carbocycles. The SMILES string of the molecule is CCNC(=NCCCOCCc1ccccc1)NC(C)(C)C. The van der Waals surface area contributed by atoms with Crippen LogP contribution in [0.2, 0.25) is 0 Å². The highest BCUT2D eigenvalue weighted by Crippen LogP contribution is 2.00. The molecule has 2 N–H and O–H groups in total. The number of hydrogen-bond donors (Lipinski definition) is 2. The normalized spacial score (nSPS) is 12.3. The highest BCUT2D eigenvalue weighted by atomic mass is 16.5. The Balaban J connectivity index is 2.15. The number of nitrogens with one attached hydrogen (secondary N) is 2. The van der Waals surface area contributed by atoms with Crippen LogP contribution in [-0.4, -0.2) is 37.8 Å². The van der Waals surface area contributed by atoms with Crippen molar-refractivity contribution >= 4 is 5.96 Å². The van der Waals surface area contributed by atoms with Crippen molar-refractivity contribution < 1.29 is 4.74 Å². The largest absolute Gasteiger partial charge is 0.381 e. The number of benzene rings is 1. The predicted octanol–water partition coefficient (Wildman–Crippen LogP) is 2.99. The molecule has 124 valence electrons. The van der Waals surface area contributed by atoms with Crippen LogP contribution in [0.5, 0.6) is 0 Å². The number of hydrogen-bond acceptors (Lipinski definition) is 2. The minimum atomic E-state index is 0.0210. The predicted molar refractivity (Wildman–Crippen MR) is 94.4 cm³/mol. The summed E-state index contributed by atoms with van der Waals surface area (Å²) in [6.45, 7) is 11.6. The summed E-state index contributed by atoms with van der Waals surface area (Å²) in [5.74, 6) is 0.874. The van der Waals surface area contributed by atoms with E-state index in [0.717, 1.165) is 45.1 Å². The van der Waals surface area contributed by atoms with E-state index in [-0.39, 0.29) is 5.54 Å². The zero-order valence-electron chi connectivity index (χ0n) is 14.5. The first-order valence-corrected chi connectivity index (χ1v) is 8.19. The molecule has 0 aliphatic heterocycles. The molecule has 1 aromatic carbocycles. The zero-order chi connectivity index (χ0) is 16.3. The van der Waals surface area contributed by atoms with Crippen molar-refractivity contribution in [1.29, 1.82) is 0 Å². The molecule has 4 nitrogen and oxygen atoms in total. The van der Waals surface area contributed by atoms with E-state index in [4.69, 9.17) is 4.74 Å². The Morgan fingerprint density at radius 1 is 1.14 bits per heavy atom. The molecule has 0 atom stereocenters. The van der Waals surface area contributed by atoms with Crippen molar-refractivity contribution in [1.82, 2.24) is 10.6 Å². The van der Waals surface area contributed by atoms with E-state index < -0.39 is 0 Å². The third-order valence-corrected chi connectivity index (χ3v) is 2.93. The van der Waals surface area contributed by atoms with E-state index in [1.54, 1.807) is 0 Å². The van der Waals surface area contributed by atoms with Crippen LogP contribution < -0.4 is 10.6 Å². The van der Waals surface area contributed by atoms with Gasteiger partial charge in [0, 0.05) is 25.2 Å². The monoisotopic (exact) mass is 305 g/mol. The van der Waals surface area contributed by atoms with Crippen LogP contribution >= 0.6 is 0 Å². The third kappa shape index (κ3) is 9.40. The molecule has 4 heteroatoms. The van der Waals surface area contributed by atoms with Gasteiger partial charge < -0.3 is 15.4 Å². The second-order valence-electron chi connectivity index (χ2n) is 6.34. The number of guanidine groups is 1. The van der Waals surface area contributed by atoms with Gasteiger partial charge in [0.2, 0.25) is 0 Å². The lowest BCUT2D eigenvalue weighted by molar-refractivity contribution is 0.136. The van der Waals surface area contributed by atoms with Gasteiger partial charge in [-0.15, -0.1) is 0 Å². The molecule has 0 aromatic heterocycles. The summed E-state index contributed by atoms with van der Waals surface area (Å²) in [6, 6.07) is 10.4. The average molecular weight is 305 g/mol. The molecular formula is C18H31N3O. The fourth-order valence-corrected chi connectivity index (χ4v) is 1.96. The maximum Gasteiger partial charge on any atom is 0.191 e. The first-order valence-electron chi connectivity index (χ1n) is 8.19. The molecule has 0 fully saturated rings. The van der Waals surface area contributed by atoms with Crippen LogP contribution in [0.3, 0.4) is 0 Å². The van der Waals surface area contributed by atoms with Crippen LogP contribution in [-0.2, 0) is 11.2 Å². The molecule has 1 rings (SSSR count). The van der Waals surface area contributed by atoms with Gasteiger partial charge in [-0.3, -0.25) is 4.99 Å². The van der Waals surface area contributed by atoms with Crippen molar-refractivity contribution in [2.24, 2.45) is 4.99 Å². The lowest BCUT2D eigenvalue weighted by Crippen LogP contribution is -2.47. The molecule has 0 heterocycles. The maximum atomic E-state index is 5.67. The Morgan fingerprint density at radius 3 is 2.50 bits per heavy atom. The molecule has 0 spiro atoms. The van der Waals surface area contributed by atoms with Crippen molar-refractivity contribution in [3.05, 3.63) is 35.9 Å². The van der Waals surface area contributed by atoms with Gasteiger partial charge in [-0.2, -0.15) is 0 Å². The Kier molecular flexibility index (Phi) is 8.60. The van der Waals surface area contributed by atoms with Crippen molar-refractivity contribution in [3.63, 3.8) is 0 Å². The van der Waals surface area contributed by atoms with Crippen LogP contribution in [0.25, 0.3) is 0 Å². The van der Waals surface area contributed by atoms with E-state index in [1.165, 1.54) is 5.56 Å². The van der Waals surface area contributed by atoms with Gasteiger partial charge in [-0.05, 0) is 46.1 Å². The Morgan fingerprint density at radius 2 is 1.86 bits per heavy atom. The summed E-state index contributed by atoms with van der Waals surface area (Å²) < 4.78 is 5.67. The topological polar surface area (TPSA) is 45.7 Å². The first kappa shape index (κ1) is 18.5. The summed E-state index contributed by atoms with van der Waals surface area (Å²) >= 11 is 0. The van der Waals surface area contributed by atoms with Crippen LogP contribution in [0.4, 0.5) is 0 Å². The second-order valence-corrected chi connectivity index (χ2v) is 6.34. The van der Waals surface area contributed by atoms with Crippen molar-refractivity contribution in [2.75, 3.05) is 26.3 Å². The molecule has 22 heavy (non-hydrogen) atoms. The molecule has 0 unspecified atom stereocenters. The van der Waals surface area contributed by atoms with E-state index in [2.05, 4.69) is 67.6 Å². The zero-order valence-corrected chi connectivity index (χ0v) is 14.5. The molecule has 0 saturated carbocycles. The summed E-state index contributed by atoms with van der Waals surface area (Å²) in [6.07, 6.45) is 1.91. The standard InChI is InChI=1S/C18H31N3O/c1-5-19-17(21-18(2,3)4)20-13-9-14-22-15-12-16-10-7-6-8-11-16/h6-8,10-11H,5,9,12-15H2,1-4H3,(H2,19,20,21). The van der Waals surface area contributed by atoms with Gasteiger partial charge in [0.05, 0.1) is 6.61 Å². The Bertz CT molecular complexity index is 424. The second kappa shape index (κ2) is 10.2. The van der Waals surface area contributed by atoms with E-state index in [9.17, 15) is 0 Å². The van der Waals surface area contributed by atoms with Gasteiger partial charge in [0.25, 0.3) is 0 Å².